The van der Waals surface area contributed by atoms with Crippen LogP contribution in [-0.2, 0) is 0 Å². The Kier molecular flexibility index (Phi) is 10.8. The highest BCUT2D eigenvalue weighted by atomic mass is 79.9. The van der Waals surface area contributed by atoms with Gasteiger partial charge in [-0.25, -0.2) is 0 Å². The van der Waals surface area contributed by atoms with Crippen molar-refractivity contribution in [3.8, 4) is 5.75 Å². The number of ether oxygens (including phenoxy) is 1. The minimum absolute atomic E-state index is 0. The lowest BCUT2D eigenvalue weighted by Gasteiger charge is -2.37. The predicted octanol–water partition coefficient (Wildman–Crippen LogP) is 1.50. The predicted molar refractivity (Wildman–Crippen MR) is 87.1 cm³/mol. The molecule has 1 aromatic rings. The average molecular weight is 358 g/mol. The fourth-order valence-corrected chi connectivity index (χ4v) is 2.56. The first-order valence-electron chi connectivity index (χ1n) is 8.10. The van der Waals surface area contributed by atoms with Gasteiger partial charge in [0.2, 0.25) is 0 Å². The van der Waals surface area contributed by atoms with E-state index < -0.39 is 0 Å². The molecule has 1 atom stereocenters. The van der Waals surface area contributed by atoms with Gasteiger partial charge >= 0.3 is 0 Å². The Balaban J connectivity index is 0.00000400. The van der Waals surface area contributed by atoms with Crippen molar-refractivity contribution >= 4 is 0 Å². The van der Waals surface area contributed by atoms with Gasteiger partial charge in [-0.2, -0.15) is 0 Å². The number of quaternary nitrogens is 1. The normalized spacial score (nSPS) is 12.6. The summed E-state index contributed by atoms with van der Waals surface area (Å²) in [6.45, 7) is 6.56. The summed E-state index contributed by atoms with van der Waals surface area (Å²) >= 11 is 0. The molecule has 1 aromatic carbocycles. The van der Waals surface area contributed by atoms with Crippen LogP contribution in [0.2, 0.25) is 0 Å². The maximum Gasteiger partial charge on any atom is 0.119 e. The lowest BCUT2D eigenvalue weighted by atomic mass is 10.0. The van der Waals surface area contributed by atoms with Crippen molar-refractivity contribution in [2.24, 2.45) is 0 Å². The van der Waals surface area contributed by atoms with Crippen LogP contribution < -0.4 is 21.7 Å². The Morgan fingerprint density at radius 1 is 1.00 bits per heavy atom. The van der Waals surface area contributed by atoms with Gasteiger partial charge in [0.05, 0.1) is 33.3 Å². The lowest BCUT2D eigenvalue weighted by molar-refractivity contribution is -0.914. The summed E-state index contributed by atoms with van der Waals surface area (Å²) in [7, 11) is 4.69. The summed E-state index contributed by atoms with van der Waals surface area (Å²) in [6.07, 6.45) is 6.44. The molecule has 0 radical (unpaired) electrons. The molecular formula is C18H32BrNO. The fraction of sp³-hybridized carbons (Fsp3) is 0.667. The number of hydrogen-bond acceptors (Lipinski definition) is 1. The molecule has 0 N–H and O–H groups in total. The fourth-order valence-electron chi connectivity index (χ4n) is 2.56. The second-order valence-electron chi connectivity index (χ2n) is 6.19. The van der Waals surface area contributed by atoms with Gasteiger partial charge in [0, 0.05) is 6.42 Å². The summed E-state index contributed by atoms with van der Waals surface area (Å²) in [4.78, 5) is 0. The van der Waals surface area contributed by atoms with Crippen LogP contribution in [-0.4, -0.2) is 37.8 Å². The smallest absolute Gasteiger partial charge is 0.119 e. The molecule has 0 saturated carbocycles. The molecule has 0 bridgehead atoms. The first-order chi connectivity index (χ1) is 9.60. The molecule has 21 heavy (non-hydrogen) atoms. The second kappa shape index (κ2) is 11.1. The molecule has 2 nitrogen and oxygen atoms in total. The molecule has 0 amide bonds. The maximum atomic E-state index is 5.87. The molecule has 1 rings (SSSR count). The molecule has 0 aliphatic rings. The van der Waals surface area contributed by atoms with Gasteiger partial charge in [-0.1, -0.05) is 38.0 Å². The molecule has 122 valence electrons. The quantitative estimate of drug-likeness (QED) is 0.455. The van der Waals surface area contributed by atoms with E-state index in [1.165, 1.54) is 32.2 Å². The number of nitrogens with zero attached hydrogens (tertiary/aromatic N) is 1. The lowest BCUT2D eigenvalue weighted by Crippen LogP contribution is -3.00. The summed E-state index contributed by atoms with van der Waals surface area (Å²) in [5.41, 5.74) is 0. The number of unbranched alkanes of at least 4 members (excludes halogenated alkanes) is 2. The summed E-state index contributed by atoms with van der Waals surface area (Å²) < 4.78 is 6.97. The van der Waals surface area contributed by atoms with Crippen LogP contribution in [0.1, 0.15) is 46.0 Å². The van der Waals surface area contributed by atoms with Gasteiger partial charge in [-0.15, -0.1) is 0 Å². The molecule has 0 aromatic heterocycles. The van der Waals surface area contributed by atoms with Gasteiger partial charge in [0.1, 0.15) is 5.75 Å². The van der Waals surface area contributed by atoms with Gasteiger partial charge in [0.15, 0.2) is 0 Å². The van der Waals surface area contributed by atoms with E-state index in [-0.39, 0.29) is 17.0 Å². The zero-order chi connectivity index (χ0) is 14.8. The third kappa shape index (κ3) is 7.87. The van der Waals surface area contributed by atoms with Crippen molar-refractivity contribution in [3.05, 3.63) is 30.3 Å². The van der Waals surface area contributed by atoms with Crippen molar-refractivity contribution in [2.45, 2.75) is 52.0 Å². The van der Waals surface area contributed by atoms with E-state index in [1.807, 2.05) is 30.3 Å². The van der Waals surface area contributed by atoms with E-state index in [0.29, 0.717) is 6.04 Å². The first-order valence-corrected chi connectivity index (χ1v) is 8.10. The van der Waals surface area contributed by atoms with Gasteiger partial charge in [-0.05, 0) is 31.9 Å². The van der Waals surface area contributed by atoms with E-state index in [2.05, 4.69) is 27.9 Å². The van der Waals surface area contributed by atoms with Gasteiger partial charge in [0.25, 0.3) is 0 Å². The van der Waals surface area contributed by atoms with Crippen LogP contribution >= 0.6 is 0 Å². The first kappa shape index (κ1) is 20.5. The monoisotopic (exact) mass is 357 g/mol. The van der Waals surface area contributed by atoms with Crippen molar-refractivity contribution in [1.82, 2.24) is 0 Å². The Hall–Kier alpha value is -0.540. The number of hydrogen-bond donors (Lipinski definition) is 0. The molecule has 0 aliphatic carbocycles. The molecule has 0 fully saturated rings. The van der Waals surface area contributed by atoms with E-state index in [0.717, 1.165) is 23.3 Å². The standard InChI is InChI=1S/C18H32NO.BrH/c1-5-7-9-12-17(19(3,4)6-2)15-16-20-18-13-10-8-11-14-18;/h8,10-11,13-14,17H,5-7,9,12,15-16H2,1-4H3;1H/q+1;/p-1. The Labute approximate surface area is 141 Å². The SMILES string of the molecule is CCCCCC(CCOc1ccccc1)[N+](C)(C)CC.[Br-]. The maximum absolute atomic E-state index is 5.87. The zero-order valence-corrected chi connectivity index (χ0v) is 15.7. The summed E-state index contributed by atoms with van der Waals surface area (Å²) in [6, 6.07) is 10.9. The van der Waals surface area contributed by atoms with E-state index in [1.54, 1.807) is 0 Å². The average Bonchev–Trinajstić information content (AvgIpc) is 2.47. The Morgan fingerprint density at radius 2 is 1.67 bits per heavy atom. The van der Waals surface area contributed by atoms with E-state index >= 15 is 0 Å². The number of para-hydroxylation sites is 1. The van der Waals surface area contributed by atoms with Crippen LogP contribution in [0.5, 0.6) is 5.75 Å². The topological polar surface area (TPSA) is 9.23 Å². The molecule has 0 spiro atoms. The molecule has 0 saturated heterocycles. The minimum Gasteiger partial charge on any atom is -1.00 e. The zero-order valence-electron chi connectivity index (χ0n) is 14.1. The van der Waals surface area contributed by atoms with Crippen LogP contribution in [0, 0.1) is 0 Å². The van der Waals surface area contributed by atoms with Crippen molar-refractivity contribution in [1.29, 1.82) is 0 Å². The molecule has 1 unspecified atom stereocenters. The summed E-state index contributed by atoms with van der Waals surface area (Å²) in [5, 5.41) is 0. The highest BCUT2D eigenvalue weighted by Gasteiger charge is 2.25. The second-order valence-corrected chi connectivity index (χ2v) is 6.19. The minimum atomic E-state index is 0. The van der Waals surface area contributed by atoms with E-state index in [4.69, 9.17) is 4.74 Å². The molecule has 3 heteroatoms. The van der Waals surface area contributed by atoms with Gasteiger partial charge < -0.3 is 26.2 Å². The molecular weight excluding hydrogens is 326 g/mol. The largest absolute Gasteiger partial charge is 1.00 e. The van der Waals surface area contributed by atoms with Crippen molar-refractivity contribution < 1.29 is 26.2 Å². The Bertz CT molecular complexity index is 353. The van der Waals surface area contributed by atoms with Crippen molar-refractivity contribution in [2.75, 3.05) is 27.2 Å². The third-order valence-corrected chi connectivity index (χ3v) is 4.41. The van der Waals surface area contributed by atoms with Crippen molar-refractivity contribution in [3.63, 3.8) is 0 Å². The highest BCUT2D eigenvalue weighted by molar-refractivity contribution is 5.20. The number of benzene rings is 1. The van der Waals surface area contributed by atoms with E-state index in [9.17, 15) is 0 Å². The highest BCUT2D eigenvalue weighted by Crippen LogP contribution is 2.19. The third-order valence-electron chi connectivity index (χ3n) is 4.41. The van der Waals surface area contributed by atoms with Crippen LogP contribution in [0.4, 0.5) is 0 Å². The Morgan fingerprint density at radius 3 is 2.24 bits per heavy atom. The molecule has 0 aliphatic heterocycles. The van der Waals surface area contributed by atoms with Crippen LogP contribution in [0.25, 0.3) is 0 Å². The van der Waals surface area contributed by atoms with Gasteiger partial charge in [-0.3, -0.25) is 0 Å². The number of halogens is 1. The number of rotatable bonds is 10. The molecule has 0 heterocycles. The summed E-state index contributed by atoms with van der Waals surface area (Å²) in [5.74, 6) is 0.988. The van der Waals surface area contributed by atoms with Crippen LogP contribution in [0.3, 0.4) is 0 Å². The van der Waals surface area contributed by atoms with Crippen LogP contribution in [0.15, 0.2) is 30.3 Å².